The van der Waals surface area contributed by atoms with Crippen molar-refractivity contribution in [1.29, 1.82) is 0 Å². The molecule has 2 fully saturated rings. The SMILES string of the molecule is CC1(C)CC2C3CCc4c(Cl)cccc4C3CC[C@]2(C)[C@H]1O. The zero-order valence-corrected chi connectivity index (χ0v) is 14.7. The Kier molecular flexibility index (Phi) is 3.24. The zero-order chi connectivity index (χ0) is 15.7. The van der Waals surface area contributed by atoms with E-state index in [2.05, 4.69) is 32.9 Å². The first kappa shape index (κ1) is 15.0. The predicted octanol–water partition coefficient (Wildman–Crippen LogP) is 5.19. The molecule has 0 spiro atoms. The maximum absolute atomic E-state index is 10.9. The Balaban J connectivity index is 1.74. The fourth-order valence-corrected chi connectivity index (χ4v) is 6.49. The standard InChI is InChI=1S/C20H27ClO/c1-19(2)11-16-14-7-8-15-12(5-4-6-17(15)21)13(14)9-10-20(16,3)18(19)22/h4-6,13-14,16,18,22H,7-11H2,1-3H3/t13?,14?,16?,18-,20-/m0/s1. The van der Waals surface area contributed by atoms with Crippen molar-refractivity contribution in [1.82, 2.24) is 0 Å². The lowest BCUT2D eigenvalue weighted by atomic mass is 9.55. The molecule has 0 amide bonds. The van der Waals surface area contributed by atoms with E-state index in [9.17, 15) is 5.11 Å². The topological polar surface area (TPSA) is 20.2 Å². The van der Waals surface area contributed by atoms with Gasteiger partial charge in [0.1, 0.15) is 0 Å². The van der Waals surface area contributed by atoms with Gasteiger partial charge in [0, 0.05) is 5.02 Å². The number of rotatable bonds is 0. The summed E-state index contributed by atoms with van der Waals surface area (Å²) in [6, 6.07) is 6.46. The number of hydrogen-bond donors (Lipinski definition) is 1. The lowest BCUT2D eigenvalue weighted by molar-refractivity contribution is -0.0464. The van der Waals surface area contributed by atoms with Crippen LogP contribution in [-0.2, 0) is 6.42 Å². The van der Waals surface area contributed by atoms with Crippen LogP contribution in [0.2, 0.25) is 5.02 Å². The maximum Gasteiger partial charge on any atom is 0.0647 e. The Labute approximate surface area is 139 Å². The van der Waals surface area contributed by atoms with Crippen molar-refractivity contribution in [2.24, 2.45) is 22.7 Å². The number of halogens is 1. The summed E-state index contributed by atoms with van der Waals surface area (Å²) in [6.45, 7) is 6.86. The molecular formula is C20H27ClO. The van der Waals surface area contributed by atoms with E-state index in [1.807, 2.05) is 6.07 Å². The molecule has 5 atom stereocenters. The van der Waals surface area contributed by atoms with E-state index in [0.29, 0.717) is 11.8 Å². The minimum absolute atomic E-state index is 0.0584. The fraction of sp³-hybridized carbons (Fsp3) is 0.700. The lowest BCUT2D eigenvalue weighted by Gasteiger charge is -2.50. The molecule has 0 saturated heterocycles. The average Bonchev–Trinajstić information content (AvgIpc) is 2.67. The second-order valence-electron chi connectivity index (χ2n) is 8.86. The number of aliphatic hydroxyl groups excluding tert-OH is 1. The summed E-state index contributed by atoms with van der Waals surface area (Å²) >= 11 is 6.44. The highest BCUT2D eigenvalue weighted by atomic mass is 35.5. The van der Waals surface area contributed by atoms with Gasteiger partial charge in [-0.1, -0.05) is 44.5 Å². The molecule has 2 heteroatoms. The first-order valence-corrected chi connectivity index (χ1v) is 9.18. The minimum Gasteiger partial charge on any atom is -0.392 e. The maximum atomic E-state index is 10.9. The third-order valence-corrected chi connectivity index (χ3v) is 7.62. The molecule has 0 bridgehead atoms. The summed E-state index contributed by atoms with van der Waals surface area (Å²) in [4.78, 5) is 0. The molecular weight excluding hydrogens is 292 g/mol. The van der Waals surface area contributed by atoms with Crippen LogP contribution in [0.5, 0.6) is 0 Å². The van der Waals surface area contributed by atoms with Gasteiger partial charge in [0.25, 0.3) is 0 Å². The molecule has 0 aromatic heterocycles. The smallest absolute Gasteiger partial charge is 0.0647 e. The van der Waals surface area contributed by atoms with Crippen LogP contribution in [0.25, 0.3) is 0 Å². The number of benzene rings is 1. The van der Waals surface area contributed by atoms with Crippen molar-refractivity contribution < 1.29 is 5.11 Å². The van der Waals surface area contributed by atoms with Crippen molar-refractivity contribution in [2.75, 3.05) is 0 Å². The second-order valence-corrected chi connectivity index (χ2v) is 9.27. The molecule has 120 valence electrons. The molecule has 0 heterocycles. The van der Waals surface area contributed by atoms with Gasteiger partial charge >= 0.3 is 0 Å². The molecule has 2 saturated carbocycles. The van der Waals surface area contributed by atoms with Crippen LogP contribution in [0.15, 0.2) is 18.2 Å². The van der Waals surface area contributed by atoms with E-state index in [-0.39, 0.29) is 16.9 Å². The Morgan fingerprint density at radius 3 is 2.73 bits per heavy atom. The summed E-state index contributed by atoms with van der Waals surface area (Å²) in [6.07, 6.45) is 5.71. The molecule has 1 aromatic carbocycles. The molecule has 3 aliphatic carbocycles. The van der Waals surface area contributed by atoms with Gasteiger partial charge in [-0.25, -0.2) is 0 Å². The number of hydrogen-bond acceptors (Lipinski definition) is 1. The Bertz CT molecular complexity index is 608. The van der Waals surface area contributed by atoms with E-state index in [4.69, 9.17) is 11.6 Å². The Hall–Kier alpha value is -0.530. The summed E-state index contributed by atoms with van der Waals surface area (Å²) in [7, 11) is 0. The second kappa shape index (κ2) is 4.74. The average molecular weight is 319 g/mol. The quantitative estimate of drug-likeness (QED) is 0.697. The van der Waals surface area contributed by atoms with Gasteiger partial charge in [-0.05, 0) is 77.9 Å². The summed E-state index contributed by atoms with van der Waals surface area (Å²) < 4.78 is 0. The van der Waals surface area contributed by atoms with Crippen molar-refractivity contribution in [3.05, 3.63) is 34.3 Å². The minimum atomic E-state index is -0.160. The van der Waals surface area contributed by atoms with E-state index in [1.165, 1.54) is 30.4 Å². The van der Waals surface area contributed by atoms with E-state index in [1.54, 1.807) is 0 Å². The van der Waals surface area contributed by atoms with Crippen LogP contribution in [0, 0.1) is 22.7 Å². The van der Waals surface area contributed by atoms with E-state index >= 15 is 0 Å². The van der Waals surface area contributed by atoms with Crippen molar-refractivity contribution >= 4 is 11.6 Å². The normalized spacial score (nSPS) is 42.4. The van der Waals surface area contributed by atoms with Gasteiger partial charge in [0.05, 0.1) is 6.10 Å². The highest BCUT2D eigenvalue weighted by Crippen LogP contribution is 2.65. The molecule has 3 aliphatic rings. The molecule has 1 N–H and O–H groups in total. The highest BCUT2D eigenvalue weighted by molar-refractivity contribution is 6.31. The summed E-state index contributed by atoms with van der Waals surface area (Å²) in [5.74, 6) is 2.03. The molecule has 0 radical (unpaired) electrons. The molecule has 22 heavy (non-hydrogen) atoms. The van der Waals surface area contributed by atoms with E-state index in [0.717, 1.165) is 23.8 Å². The van der Waals surface area contributed by atoms with Crippen LogP contribution in [0.3, 0.4) is 0 Å². The van der Waals surface area contributed by atoms with Gasteiger partial charge < -0.3 is 5.11 Å². The van der Waals surface area contributed by atoms with Crippen molar-refractivity contribution in [3.63, 3.8) is 0 Å². The highest BCUT2D eigenvalue weighted by Gasteiger charge is 2.60. The molecule has 1 aromatic rings. The Morgan fingerprint density at radius 2 is 1.95 bits per heavy atom. The van der Waals surface area contributed by atoms with E-state index < -0.39 is 0 Å². The van der Waals surface area contributed by atoms with Crippen LogP contribution in [-0.4, -0.2) is 11.2 Å². The fourth-order valence-electron chi connectivity index (χ4n) is 6.22. The van der Waals surface area contributed by atoms with Gasteiger partial charge in [-0.15, -0.1) is 0 Å². The van der Waals surface area contributed by atoms with Gasteiger partial charge in [-0.2, -0.15) is 0 Å². The van der Waals surface area contributed by atoms with Crippen molar-refractivity contribution in [3.8, 4) is 0 Å². The summed E-state index contributed by atoms with van der Waals surface area (Å²) in [5.41, 5.74) is 3.07. The molecule has 0 aliphatic heterocycles. The van der Waals surface area contributed by atoms with Gasteiger partial charge in [-0.3, -0.25) is 0 Å². The first-order valence-electron chi connectivity index (χ1n) is 8.80. The zero-order valence-electron chi connectivity index (χ0n) is 13.9. The van der Waals surface area contributed by atoms with Crippen molar-refractivity contribution in [2.45, 2.75) is 64.9 Å². The Morgan fingerprint density at radius 1 is 1.18 bits per heavy atom. The van der Waals surface area contributed by atoms with Crippen LogP contribution >= 0.6 is 11.6 Å². The predicted molar refractivity (Wildman–Crippen MR) is 91.2 cm³/mol. The lowest BCUT2D eigenvalue weighted by Crippen LogP contribution is -2.45. The van der Waals surface area contributed by atoms with Crippen LogP contribution in [0.4, 0.5) is 0 Å². The van der Waals surface area contributed by atoms with Crippen LogP contribution < -0.4 is 0 Å². The first-order chi connectivity index (χ1) is 10.3. The van der Waals surface area contributed by atoms with Gasteiger partial charge in [0.15, 0.2) is 0 Å². The monoisotopic (exact) mass is 318 g/mol. The third-order valence-electron chi connectivity index (χ3n) is 7.27. The number of aliphatic hydroxyl groups is 1. The number of fused-ring (bicyclic) bond motifs is 5. The third kappa shape index (κ3) is 1.88. The molecule has 4 rings (SSSR count). The van der Waals surface area contributed by atoms with Crippen LogP contribution in [0.1, 0.15) is 63.5 Å². The molecule has 1 nitrogen and oxygen atoms in total. The molecule has 3 unspecified atom stereocenters. The largest absolute Gasteiger partial charge is 0.392 e. The summed E-state index contributed by atoms with van der Waals surface area (Å²) in [5, 5.41) is 11.9. The van der Waals surface area contributed by atoms with Gasteiger partial charge in [0.2, 0.25) is 0 Å².